The molecule has 0 radical (unpaired) electrons. The van der Waals surface area contributed by atoms with Crippen LogP contribution >= 0.6 is 0 Å². The van der Waals surface area contributed by atoms with Gasteiger partial charge in [-0.2, -0.15) is 13.2 Å². The first-order valence-corrected chi connectivity index (χ1v) is 7.37. The second-order valence-electron chi connectivity index (χ2n) is 5.65. The first kappa shape index (κ1) is 17.3. The minimum atomic E-state index is -4.23. The molecule has 1 amide bonds. The number of esters is 1. The van der Waals surface area contributed by atoms with E-state index in [2.05, 4.69) is 10.1 Å². The molecule has 4 nitrogen and oxygen atoms in total. The van der Waals surface area contributed by atoms with Gasteiger partial charge in [-0.1, -0.05) is 12.5 Å². The predicted molar refractivity (Wildman–Crippen MR) is 77.0 cm³/mol. The summed E-state index contributed by atoms with van der Waals surface area (Å²) in [5.41, 5.74) is 0.444. The van der Waals surface area contributed by atoms with E-state index in [9.17, 15) is 22.8 Å². The third-order valence-electron chi connectivity index (χ3n) is 4.02. The van der Waals surface area contributed by atoms with E-state index >= 15 is 0 Å². The summed E-state index contributed by atoms with van der Waals surface area (Å²) in [5.74, 6) is -2.43. The van der Waals surface area contributed by atoms with Crippen LogP contribution in [-0.4, -0.2) is 31.2 Å². The molecule has 1 aromatic rings. The number of hydrogen-bond donors (Lipinski definition) is 1. The first-order valence-electron chi connectivity index (χ1n) is 7.37. The van der Waals surface area contributed by atoms with Crippen LogP contribution in [0.2, 0.25) is 0 Å². The molecule has 0 bridgehead atoms. The Labute approximate surface area is 132 Å². The zero-order chi connectivity index (χ0) is 17.0. The van der Waals surface area contributed by atoms with Gasteiger partial charge in [-0.25, -0.2) is 4.79 Å². The highest BCUT2D eigenvalue weighted by Crippen LogP contribution is 2.37. The second-order valence-corrected chi connectivity index (χ2v) is 5.65. The molecule has 1 aromatic carbocycles. The number of ether oxygens (including phenoxy) is 1. The van der Waals surface area contributed by atoms with Crippen LogP contribution in [0.3, 0.4) is 0 Å². The van der Waals surface area contributed by atoms with Crippen molar-refractivity contribution in [1.82, 2.24) is 5.32 Å². The Morgan fingerprint density at radius 1 is 1.22 bits per heavy atom. The van der Waals surface area contributed by atoms with Crippen LogP contribution in [0.1, 0.15) is 46.4 Å². The van der Waals surface area contributed by atoms with Crippen LogP contribution in [0.15, 0.2) is 24.3 Å². The number of rotatable bonds is 3. The lowest BCUT2D eigenvalue weighted by Crippen LogP contribution is -2.41. The fourth-order valence-electron chi connectivity index (χ4n) is 2.79. The van der Waals surface area contributed by atoms with Gasteiger partial charge in [0.1, 0.15) is 0 Å². The van der Waals surface area contributed by atoms with E-state index in [-0.39, 0.29) is 24.0 Å². The molecule has 2 rings (SSSR count). The van der Waals surface area contributed by atoms with Gasteiger partial charge in [0.15, 0.2) is 0 Å². The molecule has 2 unspecified atom stereocenters. The minimum Gasteiger partial charge on any atom is -0.465 e. The molecule has 1 aliphatic rings. The summed E-state index contributed by atoms with van der Waals surface area (Å²) in [6.07, 6.45) is -3.28. The normalized spacial score (nSPS) is 21.6. The first-order chi connectivity index (χ1) is 10.8. The summed E-state index contributed by atoms with van der Waals surface area (Å²) >= 11 is 0. The summed E-state index contributed by atoms with van der Waals surface area (Å²) in [5, 5.41) is 2.63. The maximum atomic E-state index is 12.8. The van der Waals surface area contributed by atoms with Crippen LogP contribution in [0.5, 0.6) is 0 Å². The SMILES string of the molecule is COC(=O)c1cccc(C(=O)NC2CCCC(C(F)(F)F)C2)c1. The molecule has 0 aliphatic heterocycles. The lowest BCUT2D eigenvalue weighted by molar-refractivity contribution is -0.183. The van der Waals surface area contributed by atoms with E-state index < -0.39 is 30.0 Å². The van der Waals surface area contributed by atoms with E-state index in [0.29, 0.717) is 12.8 Å². The van der Waals surface area contributed by atoms with Gasteiger partial charge < -0.3 is 10.1 Å². The third kappa shape index (κ3) is 4.46. The summed E-state index contributed by atoms with van der Waals surface area (Å²) in [7, 11) is 1.23. The molecular formula is C16H18F3NO3. The second kappa shape index (κ2) is 7.02. The summed E-state index contributed by atoms with van der Waals surface area (Å²) < 4.78 is 43.0. The number of hydrogen-bond acceptors (Lipinski definition) is 3. The summed E-state index contributed by atoms with van der Waals surface area (Å²) in [6, 6.07) is 5.39. The molecule has 7 heteroatoms. The van der Waals surface area contributed by atoms with Gasteiger partial charge in [0.2, 0.25) is 0 Å². The number of nitrogens with one attached hydrogen (secondary N) is 1. The molecule has 0 spiro atoms. The van der Waals surface area contributed by atoms with Crippen molar-refractivity contribution in [2.45, 2.75) is 37.9 Å². The molecular weight excluding hydrogens is 311 g/mol. The molecule has 2 atom stereocenters. The summed E-state index contributed by atoms with van der Waals surface area (Å²) in [4.78, 5) is 23.6. The minimum absolute atomic E-state index is 0.105. The van der Waals surface area contributed by atoms with E-state index in [4.69, 9.17) is 0 Å². The number of carbonyl (C=O) groups is 2. The van der Waals surface area contributed by atoms with E-state index in [1.54, 1.807) is 0 Å². The Balaban J connectivity index is 2.03. The van der Waals surface area contributed by atoms with Gasteiger partial charge in [-0.15, -0.1) is 0 Å². The topological polar surface area (TPSA) is 55.4 Å². The van der Waals surface area contributed by atoms with Crippen molar-refractivity contribution in [2.24, 2.45) is 5.92 Å². The number of halogens is 3. The van der Waals surface area contributed by atoms with Gasteiger partial charge in [-0.05, 0) is 37.5 Å². The lowest BCUT2D eigenvalue weighted by Gasteiger charge is -2.31. The molecule has 23 heavy (non-hydrogen) atoms. The molecule has 0 aromatic heterocycles. The largest absolute Gasteiger partial charge is 0.465 e. The zero-order valence-electron chi connectivity index (χ0n) is 12.7. The third-order valence-corrected chi connectivity index (χ3v) is 4.02. The molecule has 1 N–H and O–H groups in total. The average Bonchev–Trinajstić information content (AvgIpc) is 2.53. The smallest absolute Gasteiger partial charge is 0.391 e. The van der Waals surface area contributed by atoms with Crippen molar-refractivity contribution in [3.05, 3.63) is 35.4 Å². The molecule has 0 heterocycles. The molecule has 1 aliphatic carbocycles. The highest BCUT2D eigenvalue weighted by Gasteiger charge is 2.42. The maximum absolute atomic E-state index is 12.8. The van der Waals surface area contributed by atoms with Crippen LogP contribution < -0.4 is 5.32 Å². The zero-order valence-corrected chi connectivity index (χ0v) is 12.7. The van der Waals surface area contributed by atoms with Crippen LogP contribution in [0.25, 0.3) is 0 Å². The molecule has 1 saturated carbocycles. The predicted octanol–water partition coefficient (Wildman–Crippen LogP) is 3.32. The number of methoxy groups -OCH3 is 1. The number of benzene rings is 1. The van der Waals surface area contributed by atoms with Crippen molar-refractivity contribution in [3.63, 3.8) is 0 Å². The highest BCUT2D eigenvalue weighted by molar-refractivity contribution is 5.98. The molecule has 0 saturated heterocycles. The quantitative estimate of drug-likeness (QED) is 0.866. The van der Waals surface area contributed by atoms with Crippen LogP contribution in [0.4, 0.5) is 13.2 Å². The molecule has 126 valence electrons. The van der Waals surface area contributed by atoms with E-state index in [1.165, 1.54) is 31.4 Å². The van der Waals surface area contributed by atoms with Gasteiger partial charge in [-0.3, -0.25) is 4.79 Å². The Kier molecular flexibility index (Phi) is 5.28. The number of alkyl halides is 3. The Hall–Kier alpha value is -2.05. The van der Waals surface area contributed by atoms with E-state index in [0.717, 1.165) is 0 Å². The van der Waals surface area contributed by atoms with Crippen molar-refractivity contribution in [1.29, 1.82) is 0 Å². The fraction of sp³-hybridized carbons (Fsp3) is 0.500. The monoisotopic (exact) mass is 329 g/mol. The Morgan fingerprint density at radius 2 is 1.91 bits per heavy atom. The van der Waals surface area contributed by atoms with Crippen LogP contribution in [0, 0.1) is 5.92 Å². The number of carbonyl (C=O) groups excluding carboxylic acids is 2. The molecule has 1 fully saturated rings. The van der Waals surface area contributed by atoms with Crippen molar-refractivity contribution < 1.29 is 27.5 Å². The average molecular weight is 329 g/mol. The standard InChI is InChI=1S/C16H18F3NO3/c1-23-15(22)11-5-2-4-10(8-11)14(21)20-13-7-3-6-12(9-13)16(17,18)19/h2,4-5,8,12-13H,3,6-7,9H2,1H3,(H,20,21). The maximum Gasteiger partial charge on any atom is 0.391 e. The summed E-state index contributed by atoms with van der Waals surface area (Å²) in [6.45, 7) is 0. The fourth-order valence-corrected chi connectivity index (χ4v) is 2.79. The van der Waals surface area contributed by atoms with Crippen LogP contribution in [-0.2, 0) is 4.74 Å². The number of amides is 1. The highest BCUT2D eigenvalue weighted by atomic mass is 19.4. The van der Waals surface area contributed by atoms with Gasteiger partial charge in [0.25, 0.3) is 5.91 Å². The van der Waals surface area contributed by atoms with Gasteiger partial charge in [0, 0.05) is 11.6 Å². The van der Waals surface area contributed by atoms with E-state index in [1.807, 2.05) is 0 Å². The van der Waals surface area contributed by atoms with Crippen molar-refractivity contribution in [3.8, 4) is 0 Å². The Bertz CT molecular complexity index is 586. The van der Waals surface area contributed by atoms with Crippen molar-refractivity contribution in [2.75, 3.05) is 7.11 Å². The Morgan fingerprint density at radius 3 is 2.57 bits per heavy atom. The lowest BCUT2D eigenvalue weighted by atomic mass is 9.85. The van der Waals surface area contributed by atoms with Crippen molar-refractivity contribution >= 4 is 11.9 Å². The van der Waals surface area contributed by atoms with Gasteiger partial charge >= 0.3 is 12.1 Å². The van der Waals surface area contributed by atoms with Gasteiger partial charge in [0.05, 0.1) is 18.6 Å².